The lowest BCUT2D eigenvalue weighted by molar-refractivity contribution is 0.248. The molecule has 20 heavy (non-hydrogen) atoms. The summed E-state index contributed by atoms with van der Waals surface area (Å²) >= 11 is 5.30. The van der Waals surface area contributed by atoms with Crippen molar-refractivity contribution < 1.29 is 4.74 Å². The Kier molecular flexibility index (Phi) is 5.64. The second-order valence-electron chi connectivity index (χ2n) is 5.01. The number of benzene rings is 1. The fourth-order valence-corrected chi connectivity index (χ4v) is 3.70. The van der Waals surface area contributed by atoms with E-state index in [1.54, 1.807) is 18.4 Å². The van der Waals surface area contributed by atoms with Crippen molar-refractivity contribution in [2.45, 2.75) is 25.9 Å². The molecule has 2 rings (SSSR count). The van der Waals surface area contributed by atoms with Gasteiger partial charge in [-0.05, 0) is 54.0 Å². The van der Waals surface area contributed by atoms with Gasteiger partial charge in [-0.1, -0.05) is 18.2 Å². The zero-order chi connectivity index (χ0) is 14.5. The van der Waals surface area contributed by atoms with E-state index in [1.165, 1.54) is 14.9 Å². The molecule has 0 bridgehead atoms. The van der Waals surface area contributed by atoms with E-state index in [0.29, 0.717) is 6.04 Å². The third-order valence-corrected chi connectivity index (χ3v) is 5.17. The molecule has 0 saturated heterocycles. The van der Waals surface area contributed by atoms with E-state index in [1.807, 2.05) is 12.1 Å². The molecule has 4 heteroatoms. The standard InChI is InChI=1S/C16H20BrNOS/c1-12(8-13-6-4-5-7-16(13)19-3)18(2)10-15-9-14(17)11-20-15/h4-7,9,11-12H,8,10H2,1-3H3. The molecule has 0 aliphatic rings. The number of para-hydroxylation sites is 1. The van der Waals surface area contributed by atoms with E-state index in [9.17, 15) is 0 Å². The van der Waals surface area contributed by atoms with Gasteiger partial charge in [0, 0.05) is 27.3 Å². The number of ether oxygens (including phenoxy) is 1. The second kappa shape index (κ2) is 7.25. The summed E-state index contributed by atoms with van der Waals surface area (Å²) in [6, 6.07) is 10.9. The zero-order valence-corrected chi connectivity index (χ0v) is 14.5. The van der Waals surface area contributed by atoms with Gasteiger partial charge in [-0.3, -0.25) is 4.90 Å². The van der Waals surface area contributed by atoms with Crippen LogP contribution in [0.1, 0.15) is 17.4 Å². The van der Waals surface area contributed by atoms with Crippen LogP contribution in [-0.4, -0.2) is 25.1 Å². The van der Waals surface area contributed by atoms with Gasteiger partial charge in [0.05, 0.1) is 7.11 Å². The van der Waals surface area contributed by atoms with Crippen LogP contribution in [0.2, 0.25) is 0 Å². The minimum atomic E-state index is 0.465. The Labute approximate surface area is 133 Å². The first-order chi connectivity index (χ1) is 9.60. The van der Waals surface area contributed by atoms with E-state index in [4.69, 9.17) is 4.74 Å². The summed E-state index contributed by atoms with van der Waals surface area (Å²) in [5, 5.41) is 2.13. The zero-order valence-electron chi connectivity index (χ0n) is 12.1. The number of methoxy groups -OCH3 is 1. The topological polar surface area (TPSA) is 12.5 Å². The molecule has 0 aliphatic carbocycles. The third-order valence-electron chi connectivity index (χ3n) is 3.49. The molecule has 0 saturated carbocycles. The van der Waals surface area contributed by atoms with E-state index in [0.717, 1.165) is 18.7 Å². The molecule has 108 valence electrons. The highest BCUT2D eigenvalue weighted by atomic mass is 79.9. The Hall–Kier alpha value is -0.840. The van der Waals surface area contributed by atoms with Crippen molar-refractivity contribution in [1.29, 1.82) is 0 Å². The molecule has 2 nitrogen and oxygen atoms in total. The number of hydrogen-bond donors (Lipinski definition) is 0. The fourth-order valence-electron chi connectivity index (χ4n) is 2.18. The molecule has 0 N–H and O–H groups in total. The van der Waals surface area contributed by atoms with E-state index < -0.39 is 0 Å². The van der Waals surface area contributed by atoms with Gasteiger partial charge in [-0.2, -0.15) is 0 Å². The highest BCUT2D eigenvalue weighted by Gasteiger charge is 2.13. The molecule has 0 fully saturated rings. The number of likely N-dealkylation sites (N-methyl/N-ethyl adjacent to an activating group) is 1. The molecular weight excluding hydrogens is 334 g/mol. The smallest absolute Gasteiger partial charge is 0.122 e. The summed E-state index contributed by atoms with van der Waals surface area (Å²) in [6.45, 7) is 3.24. The van der Waals surface area contributed by atoms with Gasteiger partial charge in [-0.25, -0.2) is 0 Å². The third kappa shape index (κ3) is 4.08. The van der Waals surface area contributed by atoms with Crippen molar-refractivity contribution in [2.24, 2.45) is 0 Å². The maximum atomic E-state index is 5.42. The van der Waals surface area contributed by atoms with Crippen molar-refractivity contribution in [2.75, 3.05) is 14.2 Å². The summed E-state index contributed by atoms with van der Waals surface area (Å²) in [4.78, 5) is 3.76. The van der Waals surface area contributed by atoms with Crippen LogP contribution in [0.4, 0.5) is 0 Å². The summed E-state index contributed by atoms with van der Waals surface area (Å²) < 4.78 is 6.59. The first-order valence-corrected chi connectivity index (χ1v) is 8.32. The molecule has 0 aliphatic heterocycles. The van der Waals surface area contributed by atoms with Gasteiger partial charge in [0.2, 0.25) is 0 Å². The Morgan fingerprint density at radius 3 is 2.75 bits per heavy atom. The number of nitrogens with zero attached hydrogens (tertiary/aromatic N) is 1. The van der Waals surface area contributed by atoms with Gasteiger partial charge >= 0.3 is 0 Å². The first-order valence-electron chi connectivity index (χ1n) is 6.65. The molecule has 1 aromatic carbocycles. The maximum Gasteiger partial charge on any atom is 0.122 e. The van der Waals surface area contributed by atoms with Crippen LogP contribution in [0.25, 0.3) is 0 Å². The summed E-state index contributed by atoms with van der Waals surface area (Å²) in [5.74, 6) is 0.978. The Balaban J connectivity index is 1.98. The van der Waals surface area contributed by atoms with Crippen LogP contribution in [0.3, 0.4) is 0 Å². The SMILES string of the molecule is COc1ccccc1CC(C)N(C)Cc1cc(Br)cs1. The van der Waals surface area contributed by atoms with Crippen LogP contribution in [0.5, 0.6) is 5.75 Å². The number of rotatable bonds is 6. The van der Waals surface area contributed by atoms with Crippen LogP contribution in [0, 0.1) is 0 Å². The Morgan fingerprint density at radius 1 is 1.35 bits per heavy atom. The van der Waals surface area contributed by atoms with E-state index >= 15 is 0 Å². The number of thiophene rings is 1. The molecule has 1 atom stereocenters. The van der Waals surface area contributed by atoms with Crippen LogP contribution >= 0.6 is 27.3 Å². The molecule has 0 amide bonds. The van der Waals surface area contributed by atoms with Crippen molar-refractivity contribution in [3.8, 4) is 5.75 Å². The normalized spacial score (nSPS) is 12.7. The van der Waals surface area contributed by atoms with E-state index in [2.05, 4.69) is 58.4 Å². The van der Waals surface area contributed by atoms with Gasteiger partial charge in [-0.15, -0.1) is 11.3 Å². The van der Waals surface area contributed by atoms with Gasteiger partial charge in [0.15, 0.2) is 0 Å². The molecular formula is C16H20BrNOS. The summed E-state index contributed by atoms with van der Waals surface area (Å²) in [5.41, 5.74) is 1.27. The van der Waals surface area contributed by atoms with Crippen LogP contribution < -0.4 is 4.74 Å². The predicted octanol–water partition coefficient (Wildman–Crippen LogP) is 4.58. The molecule has 1 heterocycles. The van der Waals surface area contributed by atoms with Gasteiger partial charge < -0.3 is 4.74 Å². The average Bonchev–Trinajstić information content (AvgIpc) is 2.84. The number of halogens is 1. The minimum Gasteiger partial charge on any atom is -0.496 e. The molecule has 2 aromatic rings. The monoisotopic (exact) mass is 353 g/mol. The predicted molar refractivity (Wildman–Crippen MR) is 89.6 cm³/mol. The summed E-state index contributed by atoms with van der Waals surface area (Å²) in [6.07, 6.45) is 0.993. The highest BCUT2D eigenvalue weighted by Crippen LogP contribution is 2.23. The Bertz CT molecular complexity index is 555. The fraction of sp³-hybridized carbons (Fsp3) is 0.375. The largest absolute Gasteiger partial charge is 0.496 e. The summed E-state index contributed by atoms with van der Waals surface area (Å²) in [7, 11) is 3.91. The maximum absolute atomic E-state index is 5.42. The van der Waals surface area contributed by atoms with Crippen molar-refractivity contribution >= 4 is 27.3 Å². The Morgan fingerprint density at radius 2 is 2.10 bits per heavy atom. The quantitative estimate of drug-likeness (QED) is 0.753. The lowest BCUT2D eigenvalue weighted by Crippen LogP contribution is -2.30. The minimum absolute atomic E-state index is 0.465. The van der Waals surface area contributed by atoms with Crippen molar-refractivity contribution in [1.82, 2.24) is 4.90 Å². The van der Waals surface area contributed by atoms with Gasteiger partial charge in [0.1, 0.15) is 5.75 Å². The number of hydrogen-bond acceptors (Lipinski definition) is 3. The van der Waals surface area contributed by atoms with Crippen LogP contribution in [0.15, 0.2) is 40.2 Å². The molecule has 0 radical (unpaired) electrons. The van der Waals surface area contributed by atoms with Crippen molar-refractivity contribution in [3.63, 3.8) is 0 Å². The lowest BCUT2D eigenvalue weighted by atomic mass is 10.1. The first kappa shape index (κ1) is 15.5. The molecule has 0 spiro atoms. The van der Waals surface area contributed by atoms with Gasteiger partial charge in [0.25, 0.3) is 0 Å². The van der Waals surface area contributed by atoms with Crippen molar-refractivity contribution in [3.05, 3.63) is 50.6 Å². The average molecular weight is 354 g/mol. The molecule has 1 aromatic heterocycles. The van der Waals surface area contributed by atoms with E-state index in [-0.39, 0.29) is 0 Å². The second-order valence-corrected chi connectivity index (χ2v) is 6.92. The lowest BCUT2D eigenvalue weighted by Gasteiger charge is -2.24. The molecule has 1 unspecified atom stereocenters. The van der Waals surface area contributed by atoms with Crippen LogP contribution in [-0.2, 0) is 13.0 Å². The highest BCUT2D eigenvalue weighted by molar-refractivity contribution is 9.10.